The minimum atomic E-state index is -3.86. The number of halogens is 1. The lowest BCUT2D eigenvalue weighted by molar-refractivity contribution is 0.102. The normalized spacial score (nSPS) is 11.0. The molecule has 156 valence electrons. The van der Waals surface area contributed by atoms with Crippen molar-refractivity contribution in [3.05, 3.63) is 76.5 Å². The Hall–Kier alpha value is -2.91. The molecule has 0 unspecified atom stereocenters. The number of sulfonamides is 1. The summed E-state index contributed by atoms with van der Waals surface area (Å²) in [6.07, 6.45) is 3.00. The molecular formula is C21H20BrN3O4S. The molecule has 0 radical (unpaired) electrons. The lowest BCUT2D eigenvalue weighted by Gasteiger charge is -2.13. The first-order valence-electron chi connectivity index (χ1n) is 9.07. The second kappa shape index (κ2) is 9.27. The number of nitrogens with one attached hydrogen (secondary N) is 2. The number of carbonyl (C=O) groups excluding carboxylic acids is 1. The third-order valence-corrected chi connectivity index (χ3v) is 6.08. The van der Waals surface area contributed by atoms with Gasteiger partial charge < -0.3 is 10.1 Å². The summed E-state index contributed by atoms with van der Waals surface area (Å²) >= 11 is 3.27. The summed E-state index contributed by atoms with van der Waals surface area (Å²) in [6.45, 7) is 4.09. The highest BCUT2D eigenvalue weighted by atomic mass is 79.9. The maximum Gasteiger partial charge on any atom is 0.262 e. The van der Waals surface area contributed by atoms with Crippen LogP contribution in [0.3, 0.4) is 0 Å². The summed E-state index contributed by atoms with van der Waals surface area (Å²) in [5.74, 6) is 0.263. The number of nitrogens with zero attached hydrogens (tertiary/aromatic N) is 1. The lowest BCUT2D eigenvalue weighted by Crippen LogP contribution is -2.16. The summed E-state index contributed by atoms with van der Waals surface area (Å²) in [5, 5.41) is 2.70. The van der Waals surface area contributed by atoms with Crippen molar-refractivity contribution in [3.63, 3.8) is 0 Å². The molecule has 3 aromatic rings. The summed E-state index contributed by atoms with van der Waals surface area (Å²) in [5.41, 5.74) is 1.67. The Bertz CT molecular complexity index is 1170. The number of pyridine rings is 1. The van der Waals surface area contributed by atoms with E-state index in [1.807, 2.05) is 6.92 Å². The minimum Gasteiger partial charge on any atom is -0.494 e. The lowest BCUT2D eigenvalue weighted by atomic mass is 10.2. The molecule has 1 aromatic heterocycles. The number of anilines is 2. The number of rotatable bonds is 7. The first-order valence-corrected chi connectivity index (χ1v) is 11.3. The summed E-state index contributed by atoms with van der Waals surface area (Å²) < 4.78 is 34.4. The summed E-state index contributed by atoms with van der Waals surface area (Å²) in [7, 11) is -3.86. The second-order valence-corrected chi connectivity index (χ2v) is 8.96. The first-order chi connectivity index (χ1) is 14.3. The number of aromatic nitrogens is 1. The predicted octanol–water partition coefficient (Wildman–Crippen LogP) is 4.60. The molecule has 0 aliphatic heterocycles. The van der Waals surface area contributed by atoms with E-state index in [4.69, 9.17) is 4.74 Å². The molecule has 0 saturated heterocycles. The topological polar surface area (TPSA) is 97.4 Å². The smallest absolute Gasteiger partial charge is 0.262 e. The fourth-order valence-corrected chi connectivity index (χ4v) is 4.40. The van der Waals surface area contributed by atoms with E-state index in [0.717, 1.165) is 0 Å². The maximum atomic E-state index is 12.9. The monoisotopic (exact) mass is 489 g/mol. The number of benzene rings is 2. The van der Waals surface area contributed by atoms with Crippen LogP contribution in [0.5, 0.6) is 5.75 Å². The van der Waals surface area contributed by atoms with Crippen LogP contribution in [0.15, 0.2) is 70.3 Å². The standard InChI is InChI=1S/C21H20BrN3O4S/c1-3-29-19-8-6-17(7-9-19)25-30(27,28)20-11-18(5-4-14(20)2)24-21(26)15-10-16(22)13-23-12-15/h4-13,25H,3H2,1-2H3,(H,24,26). The Morgan fingerprint density at radius 2 is 1.77 bits per heavy atom. The molecule has 0 saturated carbocycles. The zero-order valence-electron chi connectivity index (χ0n) is 16.3. The third kappa shape index (κ3) is 5.37. The van der Waals surface area contributed by atoms with Crippen molar-refractivity contribution in [3.8, 4) is 5.75 Å². The van der Waals surface area contributed by atoms with Gasteiger partial charge in [0.15, 0.2) is 0 Å². The molecule has 9 heteroatoms. The van der Waals surface area contributed by atoms with Crippen molar-refractivity contribution < 1.29 is 17.9 Å². The number of amides is 1. The van der Waals surface area contributed by atoms with E-state index in [-0.39, 0.29) is 4.90 Å². The van der Waals surface area contributed by atoms with Crippen molar-refractivity contribution in [1.29, 1.82) is 0 Å². The number of aryl methyl sites for hydroxylation is 1. The Morgan fingerprint density at radius 3 is 2.43 bits per heavy atom. The van der Waals surface area contributed by atoms with E-state index in [1.165, 1.54) is 12.3 Å². The van der Waals surface area contributed by atoms with Gasteiger partial charge >= 0.3 is 0 Å². The van der Waals surface area contributed by atoms with Crippen LogP contribution in [0.1, 0.15) is 22.8 Å². The number of ether oxygens (including phenoxy) is 1. The molecule has 7 nitrogen and oxygen atoms in total. The van der Waals surface area contributed by atoms with Crippen molar-refractivity contribution in [2.75, 3.05) is 16.6 Å². The Morgan fingerprint density at radius 1 is 1.07 bits per heavy atom. The minimum absolute atomic E-state index is 0.0709. The Labute approximate surface area is 183 Å². The van der Waals surface area contributed by atoms with Gasteiger partial charge in [0, 0.05) is 28.2 Å². The quantitative estimate of drug-likeness (QED) is 0.505. The van der Waals surface area contributed by atoms with E-state index in [0.29, 0.717) is 39.3 Å². The molecular weight excluding hydrogens is 470 g/mol. The SMILES string of the molecule is CCOc1ccc(NS(=O)(=O)c2cc(NC(=O)c3cncc(Br)c3)ccc2C)cc1. The predicted molar refractivity (Wildman–Crippen MR) is 119 cm³/mol. The van der Waals surface area contributed by atoms with E-state index < -0.39 is 15.9 Å². The van der Waals surface area contributed by atoms with Crippen LogP contribution in [0.2, 0.25) is 0 Å². The number of hydrogen-bond donors (Lipinski definition) is 2. The Balaban J connectivity index is 1.82. The largest absolute Gasteiger partial charge is 0.494 e. The molecule has 3 rings (SSSR count). The van der Waals surface area contributed by atoms with Gasteiger partial charge in [0.25, 0.3) is 15.9 Å². The van der Waals surface area contributed by atoms with Crippen LogP contribution in [0.4, 0.5) is 11.4 Å². The van der Waals surface area contributed by atoms with Gasteiger partial charge in [-0.3, -0.25) is 14.5 Å². The van der Waals surface area contributed by atoms with Gasteiger partial charge in [-0.15, -0.1) is 0 Å². The number of hydrogen-bond acceptors (Lipinski definition) is 5. The highest BCUT2D eigenvalue weighted by molar-refractivity contribution is 9.10. The third-order valence-electron chi connectivity index (χ3n) is 4.12. The maximum absolute atomic E-state index is 12.9. The van der Waals surface area contributed by atoms with Gasteiger partial charge in [0.2, 0.25) is 0 Å². The zero-order chi connectivity index (χ0) is 21.7. The van der Waals surface area contributed by atoms with Gasteiger partial charge in [-0.2, -0.15) is 0 Å². The molecule has 2 N–H and O–H groups in total. The molecule has 1 amide bonds. The second-order valence-electron chi connectivity index (χ2n) is 6.39. The molecule has 0 aliphatic rings. The van der Waals surface area contributed by atoms with Crippen LogP contribution >= 0.6 is 15.9 Å². The van der Waals surface area contributed by atoms with Gasteiger partial charge in [-0.25, -0.2) is 8.42 Å². The molecule has 0 spiro atoms. The van der Waals surface area contributed by atoms with Crippen LogP contribution in [-0.2, 0) is 10.0 Å². The highest BCUT2D eigenvalue weighted by Crippen LogP contribution is 2.24. The van der Waals surface area contributed by atoms with Crippen molar-refractivity contribution in [2.45, 2.75) is 18.7 Å². The highest BCUT2D eigenvalue weighted by Gasteiger charge is 2.18. The Kier molecular flexibility index (Phi) is 6.73. The van der Waals surface area contributed by atoms with E-state index in [2.05, 4.69) is 31.0 Å². The van der Waals surface area contributed by atoms with Gasteiger partial charge in [0.1, 0.15) is 5.75 Å². The van der Waals surface area contributed by atoms with Gasteiger partial charge in [-0.05, 0) is 77.8 Å². The van der Waals surface area contributed by atoms with E-state index in [9.17, 15) is 13.2 Å². The fourth-order valence-electron chi connectivity index (χ4n) is 2.70. The van der Waals surface area contributed by atoms with Gasteiger partial charge in [-0.1, -0.05) is 6.07 Å². The first kappa shape index (κ1) is 21.8. The molecule has 0 atom stereocenters. The van der Waals surface area contributed by atoms with E-state index >= 15 is 0 Å². The molecule has 0 fully saturated rings. The fraction of sp³-hybridized carbons (Fsp3) is 0.143. The molecule has 30 heavy (non-hydrogen) atoms. The van der Waals surface area contributed by atoms with Crippen molar-refractivity contribution in [2.24, 2.45) is 0 Å². The summed E-state index contributed by atoms with van der Waals surface area (Å²) in [6, 6.07) is 13.0. The molecule has 2 aromatic carbocycles. The van der Waals surface area contributed by atoms with Crippen molar-refractivity contribution in [1.82, 2.24) is 4.98 Å². The average molecular weight is 490 g/mol. The molecule has 0 aliphatic carbocycles. The molecule has 1 heterocycles. The summed E-state index contributed by atoms with van der Waals surface area (Å²) in [4.78, 5) is 16.5. The van der Waals surface area contributed by atoms with E-state index in [1.54, 1.807) is 55.6 Å². The average Bonchev–Trinajstić information content (AvgIpc) is 2.71. The molecule has 0 bridgehead atoms. The van der Waals surface area contributed by atoms with Crippen LogP contribution in [-0.4, -0.2) is 25.9 Å². The zero-order valence-corrected chi connectivity index (χ0v) is 18.7. The van der Waals surface area contributed by atoms with Crippen LogP contribution in [0.25, 0.3) is 0 Å². The van der Waals surface area contributed by atoms with Gasteiger partial charge in [0.05, 0.1) is 17.1 Å². The van der Waals surface area contributed by atoms with Crippen LogP contribution in [0, 0.1) is 6.92 Å². The van der Waals surface area contributed by atoms with Crippen LogP contribution < -0.4 is 14.8 Å². The van der Waals surface area contributed by atoms with Crippen molar-refractivity contribution >= 4 is 43.2 Å². The number of carbonyl (C=O) groups is 1.